The lowest BCUT2D eigenvalue weighted by Crippen LogP contribution is -2.50. The zero-order valence-electron chi connectivity index (χ0n) is 14.0. The number of hydrogen-bond acceptors (Lipinski definition) is 4. The quantitative estimate of drug-likeness (QED) is 0.732. The lowest BCUT2D eigenvalue weighted by atomic mass is 10.0. The molecule has 1 amide bonds. The zero-order valence-corrected chi connectivity index (χ0v) is 14.0. The van der Waals surface area contributed by atoms with E-state index in [1.807, 2.05) is 0 Å². The summed E-state index contributed by atoms with van der Waals surface area (Å²) < 4.78 is 46.2. The van der Waals surface area contributed by atoms with Crippen LogP contribution in [-0.2, 0) is 14.3 Å². The first-order valence-corrected chi connectivity index (χ1v) is 7.97. The molecule has 1 N–H and O–H groups in total. The van der Waals surface area contributed by atoms with Crippen molar-refractivity contribution in [2.75, 3.05) is 39.5 Å². The molecule has 0 saturated carbocycles. The van der Waals surface area contributed by atoms with Crippen molar-refractivity contribution in [2.45, 2.75) is 45.5 Å². The van der Waals surface area contributed by atoms with Crippen LogP contribution in [0.3, 0.4) is 0 Å². The van der Waals surface area contributed by atoms with Crippen molar-refractivity contribution < 1.29 is 27.4 Å². The molecule has 0 spiro atoms. The van der Waals surface area contributed by atoms with E-state index in [0.717, 1.165) is 19.5 Å². The number of ether oxygens (including phenoxy) is 2. The largest absolute Gasteiger partial charge is 0.411 e. The highest BCUT2D eigenvalue weighted by atomic mass is 19.4. The topological polar surface area (TPSA) is 50.8 Å². The minimum absolute atomic E-state index is 0.151. The van der Waals surface area contributed by atoms with Gasteiger partial charge in [-0.2, -0.15) is 13.2 Å². The second-order valence-corrected chi connectivity index (χ2v) is 6.25. The third-order valence-corrected chi connectivity index (χ3v) is 3.68. The molecule has 0 bridgehead atoms. The Balaban J connectivity index is 2.44. The smallest absolute Gasteiger partial charge is 0.379 e. The number of alkyl halides is 3. The Morgan fingerprint density at radius 3 is 2.39 bits per heavy atom. The van der Waals surface area contributed by atoms with Gasteiger partial charge in [0.15, 0.2) is 0 Å². The van der Waals surface area contributed by atoms with E-state index in [9.17, 15) is 18.0 Å². The number of nitrogens with zero attached hydrogens (tertiary/aromatic N) is 1. The van der Waals surface area contributed by atoms with E-state index in [1.165, 1.54) is 6.92 Å². The summed E-state index contributed by atoms with van der Waals surface area (Å²) >= 11 is 0. The molecular weight excluding hydrogens is 313 g/mol. The number of carbonyl (C=O) groups is 1. The molecule has 23 heavy (non-hydrogen) atoms. The van der Waals surface area contributed by atoms with Gasteiger partial charge in [-0.25, -0.2) is 0 Å². The fourth-order valence-electron chi connectivity index (χ4n) is 2.51. The van der Waals surface area contributed by atoms with Gasteiger partial charge in [-0.05, 0) is 19.3 Å². The summed E-state index contributed by atoms with van der Waals surface area (Å²) in [4.78, 5) is 14.1. The van der Waals surface area contributed by atoms with Gasteiger partial charge in [0, 0.05) is 25.7 Å². The van der Waals surface area contributed by atoms with Crippen LogP contribution in [0.1, 0.15) is 27.2 Å². The van der Waals surface area contributed by atoms with Crippen molar-refractivity contribution in [1.29, 1.82) is 0 Å². The molecule has 1 aliphatic heterocycles. The Morgan fingerprint density at radius 2 is 1.87 bits per heavy atom. The lowest BCUT2D eigenvalue weighted by Gasteiger charge is -2.35. The summed E-state index contributed by atoms with van der Waals surface area (Å²) in [6.07, 6.45) is -4.65. The summed E-state index contributed by atoms with van der Waals surface area (Å²) in [7, 11) is 0. The van der Waals surface area contributed by atoms with Crippen molar-refractivity contribution in [3.8, 4) is 0 Å². The number of hydrogen-bond donors (Lipinski definition) is 1. The SMILES string of the molecule is CC(C)CC(CNC(=O)C(C)OCC(F)(F)F)N1CCOCC1. The number of morpholine rings is 1. The Hall–Kier alpha value is -0.860. The van der Waals surface area contributed by atoms with E-state index >= 15 is 0 Å². The van der Waals surface area contributed by atoms with Gasteiger partial charge in [-0.15, -0.1) is 0 Å². The van der Waals surface area contributed by atoms with Gasteiger partial charge in [-0.3, -0.25) is 9.69 Å². The van der Waals surface area contributed by atoms with Crippen LogP contribution in [0.25, 0.3) is 0 Å². The summed E-state index contributed by atoms with van der Waals surface area (Å²) in [5.74, 6) is -0.0603. The average molecular weight is 340 g/mol. The molecule has 1 aliphatic rings. The fraction of sp³-hybridized carbons (Fsp3) is 0.933. The third kappa shape index (κ3) is 8.53. The molecule has 0 aromatic heterocycles. The Bertz CT molecular complexity index is 358. The minimum atomic E-state index is -4.43. The van der Waals surface area contributed by atoms with Crippen LogP contribution in [0.4, 0.5) is 13.2 Å². The predicted molar refractivity (Wildman–Crippen MR) is 80.1 cm³/mol. The molecule has 1 fully saturated rings. The van der Waals surface area contributed by atoms with Crippen molar-refractivity contribution in [1.82, 2.24) is 10.2 Å². The molecule has 2 unspecified atom stereocenters. The summed E-state index contributed by atoms with van der Waals surface area (Å²) in [6, 6.07) is 0.151. The molecule has 8 heteroatoms. The van der Waals surface area contributed by atoms with Crippen molar-refractivity contribution in [2.24, 2.45) is 5.92 Å². The van der Waals surface area contributed by atoms with E-state index < -0.39 is 24.8 Å². The van der Waals surface area contributed by atoms with Gasteiger partial charge in [0.2, 0.25) is 5.91 Å². The Labute approximate surface area is 135 Å². The Morgan fingerprint density at radius 1 is 1.26 bits per heavy atom. The first-order chi connectivity index (χ1) is 10.7. The highest BCUT2D eigenvalue weighted by Crippen LogP contribution is 2.16. The van der Waals surface area contributed by atoms with E-state index in [-0.39, 0.29) is 6.04 Å². The average Bonchev–Trinajstić information content (AvgIpc) is 2.48. The standard InChI is InChI=1S/C15H27F3N2O3/c1-11(2)8-13(20-4-6-22-7-5-20)9-19-14(21)12(3)23-10-15(16,17)18/h11-13H,4-10H2,1-3H3,(H,19,21). The van der Waals surface area contributed by atoms with Crippen LogP contribution in [0.5, 0.6) is 0 Å². The molecule has 1 heterocycles. The van der Waals surface area contributed by atoms with Crippen molar-refractivity contribution in [3.05, 3.63) is 0 Å². The van der Waals surface area contributed by atoms with Crippen LogP contribution in [0, 0.1) is 5.92 Å². The maximum atomic E-state index is 12.1. The molecule has 0 aromatic carbocycles. The normalized spacial score (nSPS) is 19.6. The summed E-state index contributed by atoms with van der Waals surface area (Å²) in [5, 5.41) is 2.71. The molecule has 5 nitrogen and oxygen atoms in total. The number of rotatable bonds is 8. The molecule has 1 rings (SSSR count). The zero-order chi connectivity index (χ0) is 17.5. The van der Waals surface area contributed by atoms with Gasteiger partial charge in [0.05, 0.1) is 13.2 Å². The van der Waals surface area contributed by atoms with Crippen LogP contribution >= 0.6 is 0 Å². The molecule has 1 saturated heterocycles. The number of carbonyl (C=O) groups excluding carboxylic acids is 1. The molecule has 0 radical (unpaired) electrons. The van der Waals surface area contributed by atoms with Gasteiger partial charge in [-0.1, -0.05) is 13.8 Å². The van der Waals surface area contributed by atoms with Crippen LogP contribution in [0.15, 0.2) is 0 Å². The van der Waals surface area contributed by atoms with Gasteiger partial charge < -0.3 is 14.8 Å². The first kappa shape index (κ1) is 20.2. The third-order valence-electron chi connectivity index (χ3n) is 3.68. The van der Waals surface area contributed by atoms with Crippen LogP contribution < -0.4 is 5.32 Å². The monoisotopic (exact) mass is 340 g/mol. The Kier molecular flexibility index (Phi) is 8.28. The molecule has 0 aliphatic carbocycles. The molecule has 2 atom stereocenters. The minimum Gasteiger partial charge on any atom is -0.379 e. The predicted octanol–water partition coefficient (Wildman–Crippen LogP) is 1.82. The van der Waals surface area contributed by atoms with Crippen LogP contribution in [0.2, 0.25) is 0 Å². The van der Waals surface area contributed by atoms with Crippen molar-refractivity contribution in [3.63, 3.8) is 0 Å². The number of nitrogens with one attached hydrogen (secondary N) is 1. The van der Waals surface area contributed by atoms with Crippen LogP contribution in [-0.4, -0.2) is 68.6 Å². The van der Waals surface area contributed by atoms with E-state index in [0.29, 0.717) is 25.7 Å². The van der Waals surface area contributed by atoms with E-state index in [4.69, 9.17) is 4.74 Å². The second kappa shape index (κ2) is 9.44. The van der Waals surface area contributed by atoms with Gasteiger partial charge in [0.25, 0.3) is 0 Å². The van der Waals surface area contributed by atoms with Gasteiger partial charge in [0.1, 0.15) is 12.7 Å². The lowest BCUT2D eigenvalue weighted by molar-refractivity contribution is -0.185. The molecular formula is C15H27F3N2O3. The summed E-state index contributed by atoms with van der Waals surface area (Å²) in [6.45, 7) is 7.43. The maximum absolute atomic E-state index is 12.1. The first-order valence-electron chi connectivity index (χ1n) is 7.97. The number of halogens is 3. The molecule has 136 valence electrons. The van der Waals surface area contributed by atoms with E-state index in [1.54, 1.807) is 0 Å². The highest BCUT2D eigenvalue weighted by molar-refractivity contribution is 5.80. The fourth-order valence-corrected chi connectivity index (χ4v) is 2.51. The molecule has 0 aromatic rings. The number of amides is 1. The highest BCUT2D eigenvalue weighted by Gasteiger charge is 2.30. The van der Waals surface area contributed by atoms with E-state index in [2.05, 4.69) is 28.8 Å². The van der Waals surface area contributed by atoms with Gasteiger partial charge >= 0.3 is 6.18 Å². The van der Waals surface area contributed by atoms with Crippen molar-refractivity contribution >= 4 is 5.91 Å². The summed E-state index contributed by atoms with van der Waals surface area (Å²) in [5.41, 5.74) is 0. The second-order valence-electron chi connectivity index (χ2n) is 6.25. The maximum Gasteiger partial charge on any atom is 0.411 e.